The van der Waals surface area contributed by atoms with Gasteiger partial charge in [-0.3, -0.25) is 4.90 Å². The maximum atomic E-state index is 3.71. The van der Waals surface area contributed by atoms with Crippen LogP contribution in [0.3, 0.4) is 0 Å². The fourth-order valence-electron chi connectivity index (χ4n) is 3.32. The van der Waals surface area contributed by atoms with Gasteiger partial charge in [-0.15, -0.1) is 0 Å². The molecule has 4 unspecified atom stereocenters. The van der Waals surface area contributed by atoms with Crippen molar-refractivity contribution in [2.75, 3.05) is 19.6 Å². The highest BCUT2D eigenvalue weighted by Gasteiger charge is 2.40. The van der Waals surface area contributed by atoms with Crippen molar-refractivity contribution in [3.05, 3.63) is 0 Å². The van der Waals surface area contributed by atoms with E-state index in [0.29, 0.717) is 0 Å². The lowest BCUT2D eigenvalue weighted by Crippen LogP contribution is -2.50. The summed E-state index contributed by atoms with van der Waals surface area (Å²) < 4.78 is 0. The zero-order valence-corrected chi connectivity index (χ0v) is 10.8. The third-order valence-corrected chi connectivity index (χ3v) is 5.11. The van der Waals surface area contributed by atoms with Crippen LogP contribution in [0.2, 0.25) is 0 Å². The molecule has 0 amide bonds. The Balaban J connectivity index is 1.47. The quantitative estimate of drug-likeness (QED) is 0.783. The number of nitrogens with zero attached hydrogens (tertiary/aromatic N) is 1. The second-order valence-electron chi connectivity index (χ2n) is 6.50. The van der Waals surface area contributed by atoms with Crippen molar-refractivity contribution in [1.29, 1.82) is 0 Å². The van der Waals surface area contributed by atoms with E-state index in [2.05, 4.69) is 24.1 Å². The van der Waals surface area contributed by atoms with Crippen LogP contribution in [-0.2, 0) is 0 Å². The highest BCUT2D eigenvalue weighted by molar-refractivity contribution is 4.95. The van der Waals surface area contributed by atoms with Gasteiger partial charge in [-0.2, -0.15) is 0 Å². The van der Waals surface area contributed by atoms with E-state index in [4.69, 9.17) is 0 Å². The number of hydrogen-bond acceptors (Lipinski definition) is 2. The SMILES string of the molecule is CC1CN(C2CCC2CNC2CC2)CC1C. The van der Waals surface area contributed by atoms with Gasteiger partial charge < -0.3 is 5.32 Å². The van der Waals surface area contributed by atoms with E-state index < -0.39 is 0 Å². The van der Waals surface area contributed by atoms with E-state index in [1.165, 1.54) is 45.3 Å². The molecular formula is C14H26N2. The third kappa shape index (κ3) is 2.14. The summed E-state index contributed by atoms with van der Waals surface area (Å²) in [4.78, 5) is 2.78. The van der Waals surface area contributed by atoms with Gasteiger partial charge in [0.15, 0.2) is 0 Å². The molecule has 2 nitrogen and oxygen atoms in total. The monoisotopic (exact) mass is 222 g/mol. The van der Waals surface area contributed by atoms with Crippen LogP contribution < -0.4 is 5.32 Å². The standard InChI is InChI=1S/C14H26N2/c1-10-8-16(9-11(10)2)14-6-3-12(14)7-15-13-4-5-13/h10-15H,3-9H2,1-2H3. The van der Waals surface area contributed by atoms with Crippen molar-refractivity contribution in [3.63, 3.8) is 0 Å². The van der Waals surface area contributed by atoms with Gasteiger partial charge >= 0.3 is 0 Å². The van der Waals surface area contributed by atoms with E-state index in [0.717, 1.165) is 29.8 Å². The van der Waals surface area contributed by atoms with E-state index in [1.54, 1.807) is 0 Å². The summed E-state index contributed by atoms with van der Waals surface area (Å²) in [7, 11) is 0. The Morgan fingerprint density at radius 1 is 1.00 bits per heavy atom. The van der Waals surface area contributed by atoms with Crippen LogP contribution >= 0.6 is 0 Å². The zero-order chi connectivity index (χ0) is 11.1. The van der Waals surface area contributed by atoms with Gasteiger partial charge in [0.2, 0.25) is 0 Å². The average Bonchev–Trinajstić information content (AvgIpc) is 2.94. The Labute approximate surface area is 99.8 Å². The normalized spacial score (nSPS) is 44.6. The first-order valence-electron chi connectivity index (χ1n) is 7.21. The van der Waals surface area contributed by atoms with Crippen LogP contribution in [0.5, 0.6) is 0 Å². The second-order valence-corrected chi connectivity index (χ2v) is 6.50. The molecule has 2 heteroatoms. The third-order valence-electron chi connectivity index (χ3n) is 5.11. The minimum Gasteiger partial charge on any atom is -0.314 e. The van der Waals surface area contributed by atoms with Gasteiger partial charge in [0.05, 0.1) is 0 Å². The topological polar surface area (TPSA) is 15.3 Å². The summed E-state index contributed by atoms with van der Waals surface area (Å²) in [6.45, 7) is 8.83. The lowest BCUT2D eigenvalue weighted by Gasteiger charge is -2.43. The van der Waals surface area contributed by atoms with Crippen molar-refractivity contribution in [2.45, 2.75) is 51.6 Å². The predicted molar refractivity (Wildman–Crippen MR) is 67.4 cm³/mol. The Hall–Kier alpha value is -0.0800. The summed E-state index contributed by atoms with van der Waals surface area (Å²) in [6.07, 6.45) is 5.77. The first-order chi connectivity index (χ1) is 7.74. The first kappa shape index (κ1) is 11.0. The summed E-state index contributed by atoms with van der Waals surface area (Å²) in [6, 6.07) is 1.80. The molecular weight excluding hydrogens is 196 g/mol. The van der Waals surface area contributed by atoms with Gasteiger partial charge in [0, 0.05) is 25.2 Å². The minimum atomic E-state index is 0.887. The fraction of sp³-hybridized carbons (Fsp3) is 1.00. The number of likely N-dealkylation sites (tertiary alicyclic amines) is 1. The van der Waals surface area contributed by atoms with Gasteiger partial charge in [0.25, 0.3) is 0 Å². The fourth-order valence-corrected chi connectivity index (χ4v) is 3.32. The maximum absolute atomic E-state index is 3.71. The molecule has 1 heterocycles. The molecule has 3 rings (SSSR count). The van der Waals surface area contributed by atoms with E-state index in [9.17, 15) is 0 Å². The van der Waals surface area contributed by atoms with Crippen LogP contribution in [0, 0.1) is 17.8 Å². The highest BCUT2D eigenvalue weighted by Crippen LogP contribution is 2.36. The molecule has 0 aromatic heterocycles. The molecule has 0 aromatic rings. The molecule has 92 valence electrons. The maximum Gasteiger partial charge on any atom is 0.0136 e. The molecule has 0 radical (unpaired) electrons. The Morgan fingerprint density at radius 2 is 1.69 bits per heavy atom. The molecule has 0 spiro atoms. The van der Waals surface area contributed by atoms with E-state index in [-0.39, 0.29) is 0 Å². The van der Waals surface area contributed by atoms with Crippen molar-refractivity contribution >= 4 is 0 Å². The molecule has 3 aliphatic rings. The van der Waals surface area contributed by atoms with Crippen LogP contribution in [-0.4, -0.2) is 36.6 Å². The summed E-state index contributed by atoms with van der Waals surface area (Å²) in [5.41, 5.74) is 0. The van der Waals surface area contributed by atoms with Crippen molar-refractivity contribution in [3.8, 4) is 0 Å². The summed E-state index contributed by atoms with van der Waals surface area (Å²) in [5, 5.41) is 3.71. The van der Waals surface area contributed by atoms with E-state index >= 15 is 0 Å². The predicted octanol–water partition coefficient (Wildman–Crippen LogP) is 2.10. The van der Waals surface area contributed by atoms with Gasteiger partial charge in [-0.1, -0.05) is 13.8 Å². The van der Waals surface area contributed by atoms with Crippen LogP contribution in [0.4, 0.5) is 0 Å². The zero-order valence-electron chi connectivity index (χ0n) is 10.8. The molecule has 1 aliphatic heterocycles. The smallest absolute Gasteiger partial charge is 0.0136 e. The molecule has 2 aliphatic carbocycles. The number of hydrogen-bond donors (Lipinski definition) is 1. The molecule has 3 fully saturated rings. The number of nitrogens with one attached hydrogen (secondary N) is 1. The van der Waals surface area contributed by atoms with E-state index in [1.807, 2.05) is 0 Å². The molecule has 2 saturated carbocycles. The van der Waals surface area contributed by atoms with Crippen LogP contribution in [0.15, 0.2) is 0 Å². The first-order valence-corrected chi connectivity index (χ1v) is 7.21. The summed E-state index contributed by atoms with van der Waals surface area (Å²) >= 11 is 0. The summed E-state index contributed by atoms with van der Waals surface area (Å²) in [5.74, 6) is 2.79. The van der Waals surface area contributed by atoms with Crippen LogP contribution in [0.1, 0.15) is 39.5 Å². The highest BCUT2D eigenvalue weighted by atomic mass is 15.2. The molecule has 0 bridgehead atoms. The van der Waals surface area contributed by atoms with Gasteiger partial charge in [-0.25, -0.2) is 0 Å². The van der Waals surface area contributed by atoms with Crippen LogP contribution in [0.25, 0.3) is 0 Å². The second kappa shape index (κ2) is 4.30. The lowest BCUT2D eigenvalue weighted by molar-refractivity contribution is 0.0776. The van der Waals surface area contributed by atoms with Gasteiger partial charge in [-0.05, 0) is 50.0 Å². The minimum absolute atomic E-state index is 0.887. The van der Waals surface area contributed by atoms with Crippen molar-refractivity contribution in [1.82, 2.24) is 10.2 Å². The largest absolute Gasteiger partial charge is 0.314 e. The molecule has 4 atom stereocenters. The molecule has 0 aromatic carbocycles. The van der Waals surface area contributed by atoms with Crippen molar-refractivity contribution < 1.29 is 0 Å². The molecule has 1 N–H and O–H groups in total. The lowest BCUT2D eigenvalue weighted by atomic mass is 9.78. The Kier molecular flexibility index (Phi) is 2.97. The van der Waals surface area contributed by atoms with Gasteiger partial charge in [0.1, 0.15) is 0 Å². The number of rotatable bonds is 4. The van der Waals surface area contributed by atoms with Crippen molar-refractivity contribution in [2.24, 2.45) is 17.8 Å². The average molecular weight is 222 g/mol. The molecule has 1 saturated heterocycles. The Bertz CT molecular complexity index is 239. The molecule has 16 heavy (non-hydrogen) atoms. The Morgan fingerprint density at radius 3 is 2.19 bits per heavy atom.